The number of carbonyl (C=O) groups excluding carboxylic acids is 1. The van der Waals surface area contributed by atoms with Crippen LogP contribution in [0.5, 0.6) is 5.75 Å². The monoisotopic (exact) mass is 309 g/mol. The van der Waals surface area contributed by atoms with E-state index in [1.54, 1.807) is 0 Å². The van der Waals surface area contributed by atoms with Crippen molar-refractivity contribution in [1.82, 2.24) is 9.97 Å². The molecule has 1 aromatic rings. The number of carbonyl (C=O) groups is 1. The van der Waals surface area contributed by atoms with Crippen molar-refractivity contribution in [2.24, 2.45) is 5.41 Å². The molecule has 0 aromatic carbocycles. The van der Waals surface area contributed by atoms with Gasteiger partial charge in [0.1, 0.15) is 12.0 Å². The Kier molecular flexibility index (Phi) is 3.77. The molecule has 1 fully saturated rings. The van der Waals surface area contributed by atoms with Crippen LogP contribution in [-0.2, 0) is 4.79 Å². The van der Waals surface area contributed by atoms with E-state index in [1.807, 2.05) is 0 Å². The van der Waals surface area contributed by atoms with E-state index in [0.29, 0.717) is 0 Å². The van der Waals surface area contributed by atoms with Gasteiger partial charge in [-0.25, -0.2) is 4.98 Å². The number of Topliss-reactive ketones (excluding diaryl/α,β-unsaturated/α-hetero) is 1. The van der Waals surface area contributed by atoms with Gasteiger partial charge in [-0.3, -0.25) is 4.79 Å². The van der Waals surface area contributed by atoms with E-state index in [0.717, 1.165) is 0 Å². The molecule has 1 saturated carbocycles. The summed E-state index contributed by atoms with van der Waals surface area (Å²) >= 11 is 5.57. The minimum atomic E-state index is -4.53. The Labute approximate surface area is 117 Å². The topological polar surface area (TPSA) is 64.1 Å². The minimum Gasteiger partial charge on any atom is -0.480 e. The number of ketones is 1. The summed E-state index contributed by atoms with van der Waals surface area (Å²) in [6, 6.07) is 0. The number of halogens is 4. The molecule has 0 bridgehead atoms. The lowest BCUT2D eigenvalue weighted by Gasteiger charge is -2.18. The first-order chi connectivity index (χ1) is 9.30. The van der Waals surface area contributed by atoms with Crippen molar-refractivity contribution in [2.75, 3.05) is 19.0 Å². The van der Waals surface area contributed by atoms with Crippen LogP contribution in [0.2, 0.25) is 5.28 Å². The Balaban J connectivity index is 2.05. The molecule has 0 atom stereocenters. The molecule has 0 spiro atoms. The Morgan fingerprint density at radius 1 is 1.55 bits per heavy atom. The second kappa shape index (κ2) is 5.08. The van der Waals surface area contributed by atoms with Crippen LogP contribution >= 0.6 is 11.6 Å². The van der Waals surface area contributed by atoms with Crippen molar-refractivity contribution in [1.29, 1.82) is 0 Å². The highest BCUT2D eigenvalue weighted by molar-refractivity contribution is 6.28. The van der Waals surface area contributed by atoms with Gasteiger partial charge in [0.25, 0.3) is 0 Å². The molecule has 0 amide bonds. The number of anilines is 1. The lowest BCUT2D eigenvalue weighted by Crippen LogP contribution is -2.36. The predicted molar refractivity (Wildman–Crippen MR) is 64.8 cm³/mol. The second-order valence-corrected chi connectivity index (χ2v) is 4.73. The van der Waals surface area contributed by atoms with Crippen LogP contribution in [-0.4, -0.2) is 35.6 Å². The number of ether oxygens (including phenoxy) is 1. The highest BCUT2D eigenvalue weighted by Crippen LogP contribution is 2.58. The summed E-state index contributed by atoms with van der Waals surface area (Å²) in [7, 11) is 1.53. The number of nitrogens with one attached hydrogen (secondary N) is 1. The number of aromatic nitrogens is 2. The number of rotatable bonds is 5. The molecule has 1 aliphatic rings. The quantitative estimate of drug-likeness (QED) is 0.847. The van der Waals surface area contributed by atoms with E-state index in [-0.39, 0.29) is 29.7 Å². The fraction of sp³-hybridized carbons (Fsp3) is 0.545. The zero-order valence-corrected chi connectivity index (χ0v) is 11.2. The summed E-state index contributed by atoms with van der Waals surface area (Å²) in [5.74, 6) is -0.708. The van der Waals surface area contributed by atoms with Crippen molar-refractivity contribution in [2.45, 2.75) is 19.0 Å². The molecule has 5 nitrogen and oxygen atoms in total. The molecular formula is C11H11ClF3N3O2. The van der Waals surface area contributed by atoms with Crippen molar-refractivity contribution in [3.05, 3.63) is 11.5 Å². The lowest BCUT2D eigenvalue weighted by molar-refractivity contribution is -0.192. The normalized spacial score (nSPS) is 16.6. The van der Waals surface area contributed by atoms with Crippen LogP contribution in [0, 0.1) is 5.41 Å². The van der Waals surface area contributed by atoms with Gasteiger partial charge in [-0.1, -0.05) is 0 Å². The molecule has 0 radical (unpaired) electrons. The molecule has 1 N–H and O–H groups in total. The average Bonchev–Trinajstić information content (AvgIpc) is 3.17. The van der Waals surface area contributed by atoms with Crippen LogP contribution in [0.15, 0.2) is 6.20 Å². The largest absolute Gasteiger partial charge is 0.480 e. The van der Waals surface area contributed by atoms with Crippen LogP contribution < -0.4 is 10.1 Å². The van der Waals surface area contributed by atoms with Gasteiger partial charge >= 0.3 is 6.18 Å². The number of hydrogen-bond acceptors (Lipinski definition) is 5. The highest BCUT2D eigenvalue weighted by atomic mass is 35.5. The first-order valence-electron chi connectivity index (χ1n) is 5.73. The average molecular weight is 310 g/mol. The van der Waals surface area contributed by atoms with E-state index in [2.05, 4.69) is 15.3 Å². The molecule has 1 heterocycles. The summed E-state index contributed by atoms with van der Waals surface area (Å²) in [6.07, 6.45) is -3.71. The summed E-state index contributed by atoms with van der Waals surface area (Å²) in [4.78, 5) is 19.1. The molecule has 1 aliphatic carbocycles. The van der Waals surface area contributed by atoms with E-state index >= 15 is 0 Å². The predicted octanol–water partition coefficient (Wildman–Crippen LogP) is 2.46. The van der Waals surface area contributed by atoms with Crippen molar-refractivity contribution < 1.29 is 22.7 Å². The van der Waals surface area contributed by atoms with E-state index in [1.165, 1.54) is 13.2 Å². The summed E-state index contributed by atoms with van der Waals surface area (Å²) in [6.45, 7) is -0.681. The Hall–Kier alpha value is -1.57. The van der Waals surface area contributed by atoms with Crippen molar-refractivity contribution in [3.8, 4) is 5.75 Å². The maximum Gasteiger partial charge on any atom is 0.401 e. The van der Waals surface area contributed by atoms with Crippen LogP contribution in [0.4, 0.5) is 19.0 Å². The summed E-state index contributed by atoms with van der Waals surface area (Å²) < 4.78 is 43.3. The number of nitrogens with zero attached hydrogens (tertiary/aromatic N) is 2. The highest BCUT2D eigenvalue weighted by Gasteiger charge is 2.67. The van der Waals surface area contributed by atoms with E-state index < -0.39 is 24.0 Å². The van der Waals surface area contributed by atoms with Crippen LogP contribution in [0.1, 0.15) is 12.8 Å². The van der Waals surface area contributed by atoms with Gasteiger partial charge in [0.15, 0.2) is 17.4 Å². The van der Waals surface area contributed by atoms with Gasteiger partial charge in [-0.2, -0.15) is 18.2 Å². The molecule has 110 valence electrons. The molecule has 0 unspecified atom stereocenters. The fourth-order valence-corrected chi connectivity index (χ4v) is 1.89. The molecule has 0 saturated heterocycles. The van der Waals surface area contributed by atoms with Gasteiger partial charge < -0.3 is 10.1 Å². The Morgan fingerprint density at radius 2 is 2.20 bits per heavy atom. The van der Waals surface area contributed by atoms with Gasteiger partial charge in [-0.05, 0) is 24.4 Å². The van der Waals surface area contributed by atoms with E-state index in [4.69, 9.17) is 16.3 Å². The zero-order chi connectivity index (χ0) is 15.0. The van der Waals surface area contributed by atoms with Gasteiger partial charge in [0, 0.05) is 7.05 Å². The molecule has 1 aromatic heterocycles. The maximum atomic E-state index is 12.7. The summed E-state index contributed by atoms with van der Waals surface area (Å²) in [5, 5.41) is 2.61. The second-order valence-electron chi connectivity index (χ2n) is 4.39. The van der Waals surface area contributed by atoms with Crippen LogP contribution in [0.3, 0.4) is 0 Å². The minimum absolute atomic E-state index is 0.0398. The van der Waals surface area contributed by atoms with Crippen molar-refractivity contribution in [3.63, 3.8) is 0 Å². The molecule has 9 heteroatoms. The third-order valence-electron chi connectivity index (χ3n) is 3.15. The lowest BCUT2D eigenvalue weighted by atomic mass is 10.0. The maximum absolute atomic E-state index is 12.7. The number of hydrogen-bond donors (Lipinski definition) is 1. The molecule has 2 rings (SSSR count). The Bertz CT molecular complexity index is 532. The van der Waals surface area contributed by atoms with Gasteiger partial charge in [0.2, 0.25) is 5.28 Å². The SMILES string of the molecule is CNc1nc(Cl)ncc1OCC(=O)C1(C(F)(F)F)CC1. The van der Waals surface area contributed by atoms with E-state index in [9.17, 15) is 18.0 Å². The fourth-order valence-electron chi connectivity index (χ4n) is 1.76. The molecule has 20 heavy (non-hydrogen) atoms. The smallest absolute Gasteiger partial charge is 0.401 e. The first-order valence-corrected chi connectivity index (χ1v) is 6.11. The third-order valence-corrected chi connectivity index (χ3v) is 3.33. The zero-order valence-electron chi connectivity index (χ0n) is 10.4. The Morgan fingerprint density at radius 3 is 2.70 bits per heavy atom. The molecular weight excluding hydrogens is 299 g/mol. The van der Waals surface area contributed by atoms with Gasteiger partial charge in [-0.15, -0.1) is 0 Å². The van der Waals surface area contributed by atoms with Gasteiger partial charge in [0.05, 0.1) is 6.20 Å². The molecule has 0 aliphatic heterocycles. The number of alkyl halides is 3. The van der Waals surface area contributed by atoms with Crippen molar-refractivity contribution >= 4 is 23.2 Å². The van der Waals surface area contributed by atoms with Crippen LogP contribution in [0.25, 0.3) is 0 Å². The first kappa shape index (κ1) is 14.8. The third kappa shape index (κ3) is 2.65. The standard InChI is InChI=1S/C11H11ClF3N3O2/c1-16-8-6(4-17-9(12)18-8)20-5-7(19)10(2-3-10)11(13,14)15/h4H,2-3,5H2,1H3,(H,16,17,18). The summed E-state index contributed by atoms with van der Waals surface area (Å²) in [5.41, 5.74) is -2.24.